The molecule has 1 saturated carbocycles. The SMILES string of the molecule is Cc1ccc(NCCc2nncn2C2CC2)c([N+](=O)[O-])c1. The van der Waals surface area contributed by atoms with Crippen LogP contribution >= 0.6 is 0 Å². The molecule has 1 aliphatic carbocycles. The molecule has 0 aliphatic heterocycles. The van der Waals surface area contributed by atoms with Crippen molar-refractivity contribution in [3.8, 4) is 0 Å². The van der Waals surface area contributed by atoms with Gasteiger partial charge in [0.15, 0.2) is 0 Å². The lowest BCUT2D eigenvalue weighted by Crippen LogP contribution is -2.10. The fourth-order valence-electron chi connectivity index (χ4n) is 2.35. The van der Waals surface area contributed by atoms with Crippen LogP contribution in [0.4, 0.5) is 11.4 Å². The minimum atomic E-state index is -0.359. The fraction of sp³-hybridized carbons (Fsp3) is 0.429. The van der Waals surface area contributed by atoms with Gasteiger partial charge in [-0.15, -0.1) is 10.2 Å². The Morgan fingerprint density at radius 3 is 3.00 bits per heavy atom. The van der Waals surface area contributed by atoms with E-state index >= 15 is 0 Å². The fourth-order valence-corrected chi connectivity index (χ4v) is 2.35. The van der Waals surface area contributed by atoms with E-state index < -0.39 is 0 Å². The summed E-state index contributed by atoms with van der Waals surface area (Å²) < 4.78 is 2.10. The maximum absolute atomic E-state index is 11.1. The summed E-state index contributed by atoms with van der Waals surface area (Å²) in [7, 11) is 0. The van der Waals surface area contributed by atoms with Crippen molar-refractivity contribution in [3.63, 3.8) is 0 Å². The van der Waals surface area contributed by atoms with Crippen LogP contribution in [-0.2, 0) is 6.42 Å². The predicted molar refractivity (Wildman–Crippen MR) is 78.3 cm³/mol. The Kier molecular flexibility index (Phi) is 3.55. The van der Waals surface area contributed by atoms with Crippen molar-refractivity contribution in [3.05, 3.63) is 46.0 Å². The number of aryl methyl sites for hydroxylation is 1. The third-order valence-corrected chi connectivity index (χ3v) is 3.60. The van der Waals surface area contributed by atoms with Crippen molar-refractivity contribution in [1.82, 2.24) is 14.8 Å². The van der Waals surface area contributed by atoms with E-state index in [0.29, 0.717) is 24.7 Å². The molecule has 0 spiro atoms. The minimum absolute atomic E-state index is 0.110. The highest BCUT2D eigenvalue weighted by Crippen LogP contribution is 2.35. The number of nitrogens with one attached hydrogen (secondary N) is 1. The van der Waals surface area contributed by atoms with E-state index in [0.717, 1.165) is 11.4 Å². The summed E-state index contributed by atoms with van der Waals surface area (Å²) >= 11 is 0. The molecule has 1 aromatic heterocycles. The van der Waals surface area contributed by atoms with Crippen molar-refractivity contribution in [1.29, 1.82) is 0 Å². The zero-order valence-corrected chi connectivity index (χ0v) is 11.8. The Labute approximate surface area is 122 Å². The smallest absolute Gasteiger partial charge is 0.292 e. The van der Waals surface area contributed by atoms with Crippen LogP contribution in [0.3, 0.4) is 0 Å². The van der Waals surface area contributed by atoms with Crippen molar-refractivity contribution in [2.75, 3.05) is 11.9 Å². The van der Waals surface area contributed by atoms with E-state index in [9.17, 15) is 10.1 Å². The van der Waals surface area contributed by atoms with Gasteiger partial charge >= 0.3 is 0 Å². The Balaban J connectivity index is 1.65. The molecule has 1 heterocycles. The molecule has 21 heavy (non-hydrogen) atoms. The Morgan fingerprint density at radius 1 is 1.48 bits per heavy atom. The molecule has 0 saturated heterocycles. The zero-order valence-electron chi connectivity index (χ0n) is 11.8. The summed E-state index contributed by atoms with van der Waals surface area (Å²) in [5, 5.41) is 22.2. The Hall–Kier alpha value is -2.44. The van der Waals surface area contributed by atoms with Gasteiger partial charge in [0.1, 0.15) is 17.8 Å². The summed E-state index contributed by atoms with van der Waals surface area (Å²) in [6.45, 7) is 2.43. The first kappa shape index (κ1) is 13.5. The lowest BCUT2D eigenvalue weighted by atomic mass is 10.2. The molecule has 110 valence electrons. The van der Waals surface area contributed by atoms with Gasteiger partial charge in [-0.3, -0.25) is 10.1 Å². The van der Waals surface area contributed by atoms with Gasteiger partial charge in [-0.1, -0.05) is 6.07 Å². The van der Waals surface area contributed by atoms with Gasteiger partial charge < -0.3 is 9.88 Å². The number of anilines is 1. The van der Waals surface area contributed by atoms with E-state index in [2.05, 4.69) is 20.1 Å². The largest absolute Gasteiger partial charge is 0.379 e. The second kappa shape index (κ2) is 5.51. The van der Waals surface area contributed by atoms with E-state index in [1.54, 1.807) is 18.5 Å². The van der Waals surface area contributed by atoms with Gasteiger partial charge in [-0.05, 0) is 31.4 Å². The molecule has 3 rings (SSSR count). The second-order valence-corrected chi connectivity index (χ2v) is 5.34. The average molecular weight is 287 g/mol. The van der Waals surface area contributed by atoms with Crippen LogP contribution in [0, 0.1) is 17.0 Å². The van der Waals surface area contributed by atoms with E-state index in [-0.39, 0.29) is 10.6 Å². The molecule has 1 aromatic carbocycles. The highest BCUT2D eigenvalue weighted by Gasteiger charge is 2.25. The molecule has 7 heteroatoms. The quantitative estimate of drug-likeness (QED) is 0.651. The molecular weight excluding hydrogens is 270 g/mol. The van der Waals surface area contributed by atoms with Crippen molar-refractivity contribution in [2.24, 2.45) is 0 Å². The van der Waals surface area contributed by atoms with Gasteiger partial charge in [-0.2, -0.15) is 0 Å². The second-order valence-electron chi connectivity index (χ2n) is 5.34. The maximum Gasteiger partial charge on any atom is 0.292 e. The Morgan fingerprint density at radius 2 is 2.29 bits per heavy atom. The minimum Gasteiger partial charge on any atom is -0.379 e. The lowest BCUT2D eigenvalue weighted by Gasteiger charge is -2.08. The first-order valence-electron chi connectivity index (χ1n) is 7.02. The summed E-state index contributed by atoms with van der Waals surface area (Å²) in [5.41, 5.74) is 1.53. The summed E-state index contributed by atoms with van der Waals surface area (Å²) in [6.07, 6.45) is 4.83. The van der Waals surface area contributed by atoms with Gasteiger partial charge in [0.25, 0.3) is 5.69 Å². The van der Waals surface area contributed by atoms with Crippen LogP contribution in [0.15, 0.2) is 24.5 Å². The van der Waals surface area contributed by atoms with Crippen molar-refractivity contribution in [2.45, 2.75) is 32.2 Å². The van der Waals surface area contributed by atoms with Crippen LogP contribution in [0.1, 0.15) is 30.3 Å². The zero-order chi connectivity index (χ0) is 14.8. The number of aromatic nitrogens is 3. The van der Waals surface area contributed by atoms with E-state index in [1.165, 1.54) is 12.8 Å². The molecule has 0 unspecified atom stereocenters. The van der Waals surface area contributed by atoms with Gasteiger partial charge in [0.05, 0.1) is 4.92 Å². The number of hydrogen-bond acceptors (Lipinski definition) is 5. The van der Waals surface area contributed by atoms with Gasteiger partial charge in [0, 0.05) is 25.1 Å². The maximum atomic E-state index is 11.1. The van der Waals surface area contributed by atoms with Crippen LogP contribution < -0.4 is 5.32 Å². The molecule has 0 radical (unpaired) electrons. The molecule has 0 atom stereocenters. The third-order valence-electron chi connectivity index (χ3n) is 3.60. The number of rotatable bonds is 6. The van der Waals surface area contributed by atoms with Crippen LogP contribution in [0.25, 0.3) is 0 Å². The predicted octanol–water partition coefficient (Wildman–Crippen LogP) is 2.48. The highest BCUT2D eigenvalue weighted by atomic mass is 16.6. The van der Waals surface area contributed by atoms with Gasteiger partial charge in [0.2, 0.25) is 0 Å². The normalized spacial score (nSPS) is 14.1. The average Bonchev–Trinajstić information content (AvgIpc) is 3.20. The summed E-state index contributed by atoms with van der Waals surface area (Å²) in [6, 6.07) is 5.74. The standard InChI is InChI=1S/C14H17N5O2/c1-10-2-5-12(13(8-10)19(20)21)15-7-6-14-17-16-9-18(14)11-3-4-11/h2,5,8-9,11,15H,3-4,6-7H2,1H3. The summed E-state index contributed by atoms with van der Waals surface area (Å²) in [5.74, 6) is 0.930. The monoisotopic (exact) mass is 287 g/mol. The number of nitro benzene ring substituents is 1. The Bertz CT molecular complexity index is 663. The summed E-state index contributed by atoms with van der Waals surface area (Å²) in [4.78, 5) is 10.7. The molecule has 0 amide bonds. The number of hydrogen-bond donors (Lipinski definition) is 1. The molecule has 2 aromatic rings. The molecule has 0 bridgehead atoms. The van der Waals surface area contributed by atoms with Crippen LogP contribution in [-0.4, -0.2) is 26.2 Å². The number of benzene rings is 1. The van der Waals surface area contributed by atoms with Crippen molar-refractivity contribution < 1.29 is 4.92 Å². The highest BCUT2D eigenvalue weighted by molar-refractivity contribution is 5.62. The molecule has 1 aliphatic rings. The van der Waals surface area contributed by atoms with Crippen LogP contribution in [0.5, 0.6) is 0 Å². The van der Waals surface area contributed by atoms with Crippen molar-refractivity contribution >= 4 is 11.4 Å². The molecule has 1 fully saturated rings. The lowest BCUT2D eigenvalue weighted by molar-refractivity contribution is -0.384. The van der Waals surface area contributed by atoms with E-state index in [4.69, 9.17) is 0 Å². The van der Waals surface area contributed by atoms with Crippen LogP contribution in [0.2, 0.25) is 0 Å². The topological polar surface area (TPSA) is 85.9 Å². The third kappa shape index (κ3) is 3.01. The molecule has 7 nitrogen and oxygen atoms in total. The van der Waals surface area contributed by atoms with Gasteiger partial charge in [-0.25, -0.2) is 0 Å². The molecule has 1 N–H and O–H groups in total. The first-order valence-corrected chi connectivity index (χ1v) is 7.02. The number of nitro groups is 1. The van der Waals surface area contributed by atoms with E-state index in [1.807, 2.05) is 13.0 Å². The number of nitrogens with zero attached hydrogens (tertiary/aromatic N) is 4. The first-order chi connectivity index (χ1) is 10.1. The molecular formula is C14H17N5O2.